The molecule has 5 nitrogen and oxygen atoms in total. The number of aromatic hydroxyl groups is 1. The minimum atomic E-state index is 0.00234. The standard InChI is InChI=1S/C17H15Br2N3O2/c1-24-12-6-9(14(18)15(19)16(12)23)13-8-4-2-3-5-11(8)22-17(21)10(13)7-20/h6,23H,2-5H2,1H3,(H2,21,22). The molecule has 0 fully saturated rings. The molecule has 1 aromatic heterocycles. The Kier molecular flexibility index (Phi) is 4.70. The van der Waals surface area contributed by atoms with E-state index >= 15 is 0 Å². The molecule has 124 valence electrons. The highest BCUT2D eigenvalue weighted by atomic mass is 79.9. The molecule has 0 unspecified atom stereocenters. The second-order valence-electron chi connectivity index (χ2n) is 5.59. The van der Waals surface area contributed by atoms with Crippen LogP contribution in [0.2, 0.25) is 0 Å². The molecule has 1 heterocycles. The average molecular weight is 453 g/mol. The monoisotopic (exact) mass is 451 g/mol. The van der Waals surface area contributed by atoms with Gasteiger partial charge in [0.15, 0.2) is 11.5 Å². The summed E-state index contributed by atoms with van der Waals surface area (Å²) in [6.07, 6.45) is 3.81. The van der Waals surface area contributed by atoms with Crippen LogP contribution >= 0.6 is 31.9 Å². The third-order valence-electron chi connectivity index (χ3n) is 4.25. The number of methoxy groups -OCH3 is 1. The number of benzene rings is 1. The Bertz CT molecular complexity index is 876. The van der Waals surface area contributed by atoms with Gasteiger partial charge in [-0.3, -0.25) is 0 Å². The molecular formula is C17H15Br2N3O2. The van der Waals surface area contributed by atoms with Gasteiger partial charge in [-0.2, -0.15) is 5.26 Å². The van der Waals surface area contributed by atoms with E-state index < -0.39 is 0 Å². The number of phenols is 1. The topological polar surface area (TPSA) is 92.2 Å². The van der Waals surface area contributed by atoms with Crippen LogP contribution in [0.4, 0.5) is 5.82 Å². The highest BCUT2D eigenvalue weighted by Crippen LogP contribution is 2.48. The zero-order valence-corrected chi connectivity index (χ0v) is 16.2. The summed E-state index contributed by atoms with van der Waals surface area (Å²) in [5.74, 6) is 0.564. The maximum Gasteiger partial charge on any atom is 0.173 e. The predicted molar refractivity (Wildman–Crippen MR) is 99.1 cm³/mol. The molecule has 1 aliphatic carbocycles. The number of nitriles is 1. The number of hydrogen-bond donors (Lipinski definition) is 2. The number of hydrogen-bond acceptors (Lipinski definition) is 5. The minimum absolute atomic E-state index is 0.00234. The summed E-state index contributed by atoms with van der Waals surface area (Å²) >= 11 is 6.89. The molecule has 0 aliphatic heterocycles. The number of ether oxygens (including phenoxy) is 1. The smallest absolute Gasteiger partial charge is 0.173 e. The van der Waals surface area contributed by atoms with E-state index in [1.807, 2.05) is 0 Å². The van der Waals surface area contributed by atoms with Crippen molar-refractivity contribution in [3.8, 4) is 28.7 Å². The summed E-state index contributed by atoms with van der Waals surface area (Å²) < 4.78 is 6.38. The fourth-order valence-corrected chi connectivity index (χ4v) is 4.01. The van der Waals surface area contributed by atoms with Crippen LogP contribution in [0.25, 0.3) is 11.1 Å². The van der Waals surface area contributed by atoms with Crippen molar-refractivity contribution in [2.24, 2.45) is 0 Å². The lowest BCUT2D eigenvalue weighted by atomic mass is 9.86. The Morgan fingerprint density at radius 3 is 2.67 bits per heavy atom. The van der Waals surface area contributed by atoms with E-state index in [1.165, 1.54) is 7.11 Å². The second kappa shape index (κ2) is 6.61. The third kappa shape index (κ3) is 2.64. The number of halogens is 2. The SMILES string of the molecule is COc1cc(-c2c(C#N)c(N)nc3c2CCCC3)c(Br)c(Br)c1O. The number of fused-ring (bicyclic) bond motifs is 1. The molecule has 0 amide bonds. The van der Waals surface area contributed by atoms with Crippen LogP contribution in [0.5, 0.6) is 11.5 Å². The quantitative estimate of drug-likeness (QED) is 0.707. The fraction of sp³-hybridized carbons (Fsp3) is 0.294. The van der Waals surface area contributed by atoms with Gasteiger partial charge in [0.25, 0.3) is 0 Å². The average Bonchev–Trinajstić information content (AvgIpc) is 2.59. The first-order valence-corrected chi connectivity index (χ1v) is 9.04. The molecule has 0 radical (unpaired) electrons. The Hall–Kier alpha value is -1.78. The van der Waals surface area contributed by atoms with Crippen molar-refractivity contribution < 1.29 is 9.84 Å². The minimum Gasteiger partial charge on any atom is -0.503 e. The highest BCUT2D eigenvalue weighted by molar-refractivity contribution is 9.13. The number of aryl methyl sites for hydroxylation is 1. The zero-order valence-electron chi connectivity index (χ0n) is 13.0. The number of nitrogens with zero attached hydrogens (tertiary/aromatic N) is 2. The predicted octanol–water partition coefficient (Wildman–Crippen LogP) is 4.32. The molecule has 0 saturated carbocycles. The lowest BCUT2D eigenvalue weighted by Crippen LogP contribution is -2.12. The van der Waals surface area contributed by atoms with Crippen molar-refractivity contribution >= 4 is 37.7 Å². The number of rotatable bonds is 2. The van der Waals surface area contributed by atoms with Gasteiger partial charge in [0.1, 0.15) is 17.5 Å². The van der Waals surface area contributed by atoms with E-state index in [2.05, 4.69) is 42.9 Å². The van der Waals surface area contributed by atoms with Crippen LogP contribution in [0.3, 0.4) is 0 Å². The molecule has 0 saturated heterocycles. The number of pyridine rings is 1. The van der Waals surface area contributed by atoms with Crippen molar-refractivity contribution in [1.29, 1.82) is 5.26 Å². The van der Waals surface area contributed by atoms with Crippen molar-refractivity contribution in [2.75, 3.05) is 12.8 Å². The summed E-state index contributed by atoms with van der Waals surface area (Å²) in [6.45, 7) is 0. The van der Waals surface area contributed by atoms with Gasteiger partial charge in [0, 0.05) is 21.3 Å². The van der Waals surface area contributed by atoms with E-state index in [0.717, 1.165) is 48.1 Å². The molecule has 0 atom stereocenters. The molecule has 1 aromatic carbocycles. The van der Waals surface area contributed by atoms with Crippen LogP contribution in [-0.4, -0.2) is 17.2 Å². The second-order valence-corrected chi connectivity index (χ2v) is 7.18. The number of aromatic nitrogens is 1. The van der Waals surface area contributed by atoms with E-state index in [9.17, 15) is 10.4 Å². The summed E-state index contributed by atoms with van der Waals surface area (Å²) in [7, 11) is 1.49. The summed E-state index contributed by atoms with van der Waals surface area (Å²) in [5, 5.41) is 19.8. The number of anilines is 1. The van der Waals surface area contributed by atoms with Crippen molar-refractivity contribution in [1.82, 2.24) is 4.98 Å². The van der Waals surface area contributed by atoms with E-state index in [0.29, 0.717) is 20.3 Å². The molecule has 3 rings (SSSR count). The maximum atomic E-state index is 10.2. The lowest BCUT2D eigenvalue weighted by molar-refractivity contribution is 0.372. The summed E-state index contributed by atoms with van der Waals surface area (Å²) in [4.78, 5) is 4.43. The molecule has 0 bridgehead atoms. The third-order valence-corrected chi connectivity index (χ3v) is 6.38. The van der Waals surface area contributed by atoms with Crippen LogP contribution in [0.15, 0.2) is 15.0 Å². The van der Waals surface area contributed by atoms with Gasteiger partial charge in [0.05, 0.1) is 11.6 Å². The zero-order chi connectivity index (χ0) is 17.4. The molecule has 24 heavy (non-hydrogen) atoms. The van der Waals surface area contributed by atoms with Crippen LogP contribution in [0, 0.1) is 11.3 Å². The van der Waals surface area contributed by atoms with Gasteiger partial charge < -0.3 is 15.6 Å². The molecule has 0 spiro atoms. The molecule has 7 heteroatoms. The fourth-order valence-electron chi connectivity index (χ4n) is 3.10. The number of nitrogens with two attached hydrogens (primary N) is 1. The van der Waals surface area contributed by atoms with E-state index in [1.54, 1.807) is 6.07 Å². The Morgan fingerprint density at radius 1 is 1.29 bits per heavy atom. The molecule has 2 aromatic rings. The Balaban J connectivity index is 2.41. The number of nitrogen functional groups attached to an aromatic ring is 1. The Morgan fingerprint density at radius 2 is 2.00 bits per heavy atom. The largest absolute Gasteiger partial charge is 0.503 e. The highest BCUT2D eigenvalue weighted by Gasteiger charge is 2.25. The van der Waals surface area contributed by atoms with Gasteiger partial charge in [-0.05, 0) is 69.2 Å². The van der Waals surface area contributed by atoms with E-state index in [4.69, 9.17) is 10.5 Å². The van der Waals surface area contributed by atoms with Crippen LogP contribution in [-0.2, 0) is 12.8 Å². The van der Waals surface area contributed by atoms with Crippen LogP contribution < -0.4 is 10.5 Å². The molecule has 1 aliphatic rings. The van der Waals surface area contributed by atoms with Gasteiger partial charge in [-0.25, -0.2) is 4.98 Å². The van der Waals surface area contributed by atoms with E-state index in [-0.39, 0.29) is 11.6 Å². The first kappa shape index (κ1) is 17.1. The van der Waals surface area contributed by atoms with Crippen molar-refractivity contribution in [2.45, 2.75) is 25.7 Å². The van der Waals surface area contributed by atoms with Gasteiger partial charge in [0.2, 0.25) is 0 Å². The summed E-state index contributed by atoms with van der Waals surface area (Å²) in [5.41, 5.74) is 9.91. The lowest BCUT2D eigenvalue weighted by Gasteiger charge is -2.22. The number of phenolic OH excluding ortho intramolecular Hbond substituents is 1. The van der Waals surface area contributed by atoms with Crippen molar-refractivity contribution in [3.63, 3.8) is 0 Å². The molecule has 3 N–H and O–H groups in total. The maximum absolute atomic E-state index is 10.2. The first-order valence-electron chi connectivity index (χ1n) is 7.46. The molecular weight excluding hydrogens is 438 g/mol. The van der Waals surface area contributed by atoms with Gasteiger partial charge >= 0.3 is 0 Å². The van der Waals surface area contributed by atoms with Gasteiger partial charge in [-0.1, -0.05) is 0 Å². The Labute approximate surface area is 156 Å². The summed E-state index contributed by atoms with van der Waals surface area (Å²) in [6, 6.07) is 3.90. The van der Waals surface area contributed by atoms with Crippen LogP contribution in [0.1, 0.15) is 29.7 Å². The van der Waals surface area contributed by atoms with Gasteiger partial charge in [-0.15, -0.1) is 0 Å². The van der Waals surface area contributed by atoms with Crippen molar-refractivity contribution in [3.05, 3.63) is 31.8 Å². The normalized spacial score (nSPS) is 13.2. The first-order chi connectivity index (χ1) is 11.5.